The number of carbonyl (C=O) groups is 1. The van der Waals surface area contributed by atoms with Crippen molar-refractivity contribution in [2.24, 2.45) is 5.92 Å². The van der Waals surface area contributed by atoms with E-state index < -0.39 is 23.9 Å². The van der Waals surface area contributed by atoms with E-state index in [1.165, 1.54) is 6.07 Å². The third-order valence-electron chi connectivity index (χ3n) is 3.99. The van der Waals surface area contributed by atoms with Crippen molar-refractivity contribution in [1.29, 1.82) is 0 Å². The average Bonchev–Trinajstić information content (AvgIpc) is 3.10. The van der Waals surface area contributed by atoms with Gasteiger partial charge in [-0.2, -0.15) is 0 Å². The lowest BCUT2D eigenvalue weighted by molar-refractivity contribution is -0.276. The Bertz CT molecular complexity index is 911. The molecule has 0 bridgehead atoms. The molecule has 0 aliphatic heterocycles. The first-order chi connectivity index (χ1) is 13.3. The summed E-state index contributed by atoms with van der Waals surface area (Å²) in [7, 11) is 0. The van der Waals surface area contributed by atoms with Gasteiger partial charge in [-0.1, -0.05) is 36.3 Å². The molecule has 3 rings (SSSR count). The Morgan fingerprint density at radius 2 is 2.04 bits per heavy atom. The minimum absolute atomic E-state index is 0.0454. The van der Waals surface area contributed by atoms with Crippen LogP contribution in [0.3, 0.4) is 0 Å². The Balaban J connectivity index is 1.89. The molecule has 1 aliphatic rings. The summed E-state index contributed by atoms with van der Waals surface area (Å²) in [6, 6.07) is 1.19. The van der Waals surface area contributed by atoms with E-state index in [9.17, 15) is 18.0 Å². The van der Waals surface area contributed by atoms with Crippen LogP contribution >= 0.6 is 0 Å². The fourth-order valence-corrected chi connectivity index (χ4v) is 2.74. The van der Waals surface area contributed by atoms with Gasteiger partial charge in [0.1, 0.15) is 5.75 Å². The third-order valence-corrected chi connectivity index (χ3v) is 3.99. The molecule has 0 unspecified atom stereocenters. The van der Waals surface area contributed by atoms with Crippen LogP contribution in [0.4, 0.5) is 13.2 Å². The number of aromatic nitrogens is 4. The molecule has 2 heterocycles. The van der Waals surface area contributed by atoms with Crippen LogP contribution in [-0.4, -0.2) is 37.8 Å². The van der Waals surface area contributed by atoms with Crippen molar-refractivity contribution in [3.63, 3.8) is 0 Å². The van der Waals surface area contributed by atoms with Crippen LogP contribution in [-0.2, 0) is 0 Å². The predicted octanol–water partition coefficient (Wildman–Crippen LogP) is 3.52. The molecule has 1 saturated carbocycles. The quantitative estimate of drug-likeness (QED) is 0.761. The van der Waals surface area contributed by atoms with Crippen molar-refractivity contribution < 1.29 is 32.5 Å². The van der Waals surface area contributed by atoms with Gasteiger partial charge in [-0.15, -0.1) is 18.3 Å². The van der Waals surface area contributed by atoms with E-state index in [1.54, 1.807) is 0 Å². The molecule has 2 aromatic rings. The van der Waals surface area contributed by atoms with Crippen LogP contribution in [0.5, 0.6) is 17.5 Å². The molecule has 28 heavy (non-hydrogen) atoms. The fourth-order valence-electron chi connectivity index (χ4n) is 2.74. The minimum atomic E-state index is -4.93. The average molecular weight is 396 g/mol. The predicted molar refractivity (Wildman–Crippen MR) is 87.8 cm³/mol. The Labute approximate surface area is 157 Å². The van der Waals surface area contributed by atoms with E-state index in [4.69, 9.17) is 9.84 Å². The highest BCUT2D eigenvalue weighted by Gasteiger charge is 2.33. The van der Waals surface area contributed by atoms with E-state index in [-0.39, 0.29) is 23.1 Å². The molecule has 0 atom stereocenters. The van der Waals surface area contributed by atoms with Crippen LogP contribution < -0.4 is 9.47 Å². The summed E-state index contributed by atoms with van der Waals surface area (Å²) in [6.45, 7) is 0. The fraction of sp³-hybridized carbons (Fsp3) is 0.412. The van der Waals surface area contributed by atoms with Gasteiger partial charge in [0.05, 0.1) is 11.8 Å². The van der Waals surface area contributed by atoms with Crippen molar-refractivity contribution in [3.05, 3.63) is 23.5 Å². The zero-order valence-corrected chi connectivity index (χ0v) is 14.4. The Hall–Kier alpha value is -3.29. The molecule has 2 aromatic heterocycles. The molecule has 148 valence electrons. The number of rotatable bonds is 4. The van der Waals surface area contributed by atoms with Gasteiger partial charge < -0.3 is 14.6 Å². The molecule has 0 spiro atoms. The molecule has 0 amide bonds. The molecule has 8 nitrogen and oxygen atoms in total. The Morgan fingerprint density at radius 1 is 1.29 bits per heavy atom. The lowest BCUT2D eigenvalue weighted by Crippen LogP contribution is -2.18. The van der Waals surface area contributed by atoms with Crippen molar-refractivity contribution in [2.75, 3.05) is 0 Å². The maximum Gasteiger partial charge on any atom is 0.574 e. The van der Waals surface area contributed by atoms with Crippen molar-refractivity contribution in [3.8, 4) is 29.4 Å². The molecule has 2 N–H and O–H groups in total. The highest BCUT2D eigenvalue weighted by Crippen LogP contribution is 2.29. The molecule has 0 saturated heterocycles. The summed E-state index contributed by atoms with van der Waals surface area (Å²) in [4.78, 5) is 14.7. The number of carboxylic acids is 1. The zero-order valence-electron chi connectivity index (χ0n) is 14.4. The number of aromatic amines is 1. The van der Waals surface area contributed by atoms with E-state index in [2.05, 4.69) is 37.0 Å². The summed E-state index contributed by atoms with van der Waals surface area (Å²) in [6.07, 6.45) is 0.964. The molecule has 0 aromatic carbocycles. The van der Waals surface area contributed by atoms with Crippen molar-refractivity contribution in [1.82, 2.24) is 20.4 Å². The molecular formula is C17H15F3N4O4. The van der Waals surface area contributed by atoms with E-state index >= 15 is 0 Å². The molecular weight excluding hydrogens is 381 g/mol. The molecule has 11 heteroatoms. The third kappa shape index (κ3) is 5.12. The normalized spacial score (nSPS) is 14.8. The maximum absolute atomic E-state index is 12.6. The SMILES string of the molecule is O=C(O)c1nn[nH]c1Oc1cnc(OC(F)(F)F)c(C#CC2CCCCC2)c1. The first kappa shape index (κ1) is 19.5. The molecule has 1 fully saturated rings. The molecule has 0 radical (unpaired) electrons. The molecule has 1 aliphatic carbocycles. The van der Waals surface area contributed by atoms with Gasteiger partial charge in [0.2, 0.25) is 11.6 Å². The largest absolute Gasteiger partial charge is 0.574 e. The lowest BCUT2D eigenvalue weighted by atomic mass is 9.90. The van der Waals surface area contributed by atoms with Gasteiger partial charge in [-0.05, 0) is 12.8 Å². The number of carboxylic acid groups (broad SMARTS) is 1. The second-order valence-corrected chi connectivity index (χ2v) is 6.07. The van der Waals surface area contributed by atoms with Crippen molar-refractivity contribution in [2.45, 2.75) is 38.5 Å². The minimum Gasteiger partial charge on any atom is -0.476 e. The number of hydrogen-bond donors (Lipinski definition) is 2. The van der Waals surface area contributed by atoms with E-state index in [0.29, 0.717) is 0 Å². The highest BCUT2D eigenvalue weighted by atomic mass is 19.4. The topological polar surface area (TPSA) is 110 Å². The lowest BCUT2D eigenvalue weighted by Gasteiger charge is -2.15. The van der Waals surface area contributed by atoms with Crippen LogP contribution in [0.2, 0.25) is 0 Å². The summed E-state index contributed by atoms with van der Waals surface area (Å²) >= 11 is 0. The van der Waals surface area contributed by atoms with E-state index in [1.807, 2.05) is 0 Å². The van der Waals surface area contributed by atoms with Gasteiger partial charge in [0.25, 0.3) is 5.88 Å². The Morgan fingerprint density at radius 3 is 2.71 bits per heavy atom. The monoisotopic (exact) mass is 396 g/mol. The van der Waals surface area contributed by atoms with Gasteiger partial charge in [0, 0.05) is 12.0 Å². The number of aromatic carboxylic acids is 1. The Kier molecular flexibility index (Phi) is 5.67. The number of ether oxygens (including phenoxy) is 2. The van der Waals surface area contributed by atoms with Crippen LogP contribution in [0.1, 0.15) is 48.2 Å². The van der Waals surface area contributed by atoms with Gasteiger partial charge in [-0.25, -0.2) is 14.9 Å². The second kappa shape index (κ2) is 8.16. The number of pyridine rings is 1. The van der Waals surface area contributed by atoms with E-state index in [0.717, 1.165) is 38.3 Å². The number of H-pyrrole nitrogens is 1. The number of hydrogen-bond acceptors (Lipinski definition) is 6. The van der Waals surface area contributed by atoms with Gasteiger partial charge in [-0.3, -0.25) is 0 Å². The van der Waals surface area contributed by atoms with Gasteiger partial charge in [0.15, 0.2) is 0 Å². The number of nitrogens with one attached hydrogen (secondary N) is 1. The summed E-state index contributed by atoms with van der Waals surface area (Å²) < 4.78 is 47.1. The standard InChI is InChI=1S/C17H15F3N4O4/c18-17(19,20)28-14-11(7-6-10-4-2-1-3-5-10)8-12(9-21-14)27-15-13(16(25)26)22-24-23-15/h8-10H,1-5H2,(H,25,26)(H,22,23,24). The number of halogens is 3. The smallest absolute Gasteiger partial charge is 0.476 e. The second-order valence-electron chi connectivity index (χ2n) is 6.07. The summed E-state index contributed by atoms with van der Waals surface area (Å²) in [5.74, 6) is 3.32. The highest BCUT2D eigenvalue weighted by molar-refractivity contribution is 5.87. The van der Waals surface area contributed by atoms with Crippen LogP contribution in [0.25, 0.3) is 0 Å². The van der Waals surface area contributed by atoms with Crippen molar-refractivity contribution >= 4 is 5.97 Å². The summed E-state index contributed by atoms with van der Waals surface area (Å²) in [5, 5.41) is 17.9. The first-order valence-electron chi connectivity index (χ1n) is 8.41. The van der Waals surface area contributed by atoms with Gasteiger partial charge >= 0.3 is 12.3 Å². The maximum atomic E-state index is 12.6. The number of alkyl halides is 3. The zero-order chi connectivity index (χ0) is 20.1. The number of nitrogens with zero attached hydrogens (tertiary/aromatic N) is 3. The summed E-state index contributed by atoms with van der Waals surface area (Å²) in [5.41, 5.74) is -0.602. The van der Waals surface area contributed by atoms with Crippen LogP contribution in [0, 0.1) is 17.8 Å². The first-order valence-corrected chi connectivity index (χ1v) is 8.41. The van der Waals surface area contributed by atoms with Crippen LogP contribution in [0.15, 0.2) is 12.3 Å².